The second kappa shape index (κ2) is 3.98. The molecule has 70 valence electrons. The molecule has 0 aromatic carbocycles. The summed E-state index contributed by atoms with van der Waals surface area (Å²) in [6, 6.07) is 0. The Morgan fingerprint density at radius 1 is 1.46 bits per heavy atom. The van der Waals surface area contributed by atoms with Crippen molar-refractivity contribution < 1.29 is 14.4 Å². The van der Waals surface area contributed by atoms with Crippen molar-refractivity contribution in [1.82, 2.24) is 5.32 Å². The lowest BCUT2D eigenvalue weighted by Crippen LogP contribution is -2.32. The standard InChI is InChI=1S/C9H11NO3/c1-2-9(13)10-5-6-7(11)3-4-8(6)12/h2,6H,1,3-5H2,(H,10,13). The molecule has 1 rings (SSSR count). The second-order valence-electron chi connectivity index (χ2n) is 2.93. The zero-order valence-electron chi connectivity index (χ0n) is 7.21. The number of rotatable bonds is 3. The van der Waals surface area contributed by atoms with E-state index in [0.717, 1.165) is 6.08 Å². The van der Waals surface area contributed by atoms with Crippen LogP contribution in [0.5, 0.6) is 0 Å². The molecule has 0 radical (unpaired) electrons. The van der Waals surface area contributed by atoms with Crippen LogP contribution >= 0.6 is 0 Å². The summed E-state index contributed by atoms with van der Waals surface area (Å²) in [6.07, 6.45) is 1.74. The summed E-state index contributed by atoms with van der Waals surface area (Å²) in [4.78, 5) is 32.9. The fourth-order valence-corrected chi connectivity index (χ4v) is 1.28. The number of amides is 1. The molecule has 0 aromatic heterocycles. The van der Waals surface area contributed by atoms with Crippen LogP contribution < -0.4 is 5.32 Å². The van der Waals surface area contributed by atoms with Gasteiger partial charge in [-0.05, 0) is 6.08 Å². The van der Waals surface area contributed by atoms with Crippen molar-refractivity contribution >= 4 is 17.5 Å². The Labute approximate surface area is 76.0 Å². The van der Waals surface area contributed by atoms with Gasteiger partial charge >= 0.3 is 0 Å². The summed E-state index contributed by atoms with van der Waals surface area (Å²) >= 11 is 0. The van der Waals surface area contributed by atoms with E-state index in [2.05, 4.69) is 11.9 Å². The van der Waals surface area contributed by atoms with Crippen molar-refractivity contribution in [3.63, 3.8) is 0 Å². The van der Waals surface area contributed by atoms with Crippen LogP contribution in [0.4, 0.5) is 0 Å². The number of hydrogen-bond acceptors (Lipinski definition) is 3. The summed E-state index contributed by atoms with van der Waals surface area (Å²) < 4.78 is 0. The molecule has 13 heavy (non-hydrogen) atoms. The smallest absolute Gasteiger partial charge is 0.243 e. The first-order chi connectivity index (χ1) is 6.15. The van der Waals surface area contributed by atoms with E-state index in [1.165, 1.54) is 0 Å². The predicted octanol–water partition coefficient (Wildman–Crippen LogP) is -0.163. The highest BCUT2D eigenvalue weighted by molar-refractivity contribution is 6.09. The van der Waals surface area contributed by atoms with Gasteiger partial charge in [-0.2, -0.15) is 0 Å². The van der Waals surface area contributed by atoms with Crippen LogP contribution in [0.15, 0.2) is 12.7 Å². The Morgan fingerprint density at radius 2 is 2.00 bits per heavy atom. The Balaban J connectivity index is 2.44. The maximum Gasteiger partial charge on any atom is 0.243 e. The summed E-state index contributed by atoms with van der Waals surface area (Å²) in [6.45, 7) is 3.38. The van der Waals surface area contributed by atoms with Crippen molar-refractivity contribution in [3.8, 4) is 0 Å². The monoisotopic (exact) mass is 181 g/mol. The molecule has 0 atom stereocenters. The Morgan fingerprint density at radius 3 is 2.46 bits per heavy atom. The number of ketones is 2. The van der Waals surface area contributed by atoms with Crippen LogP contribution in [-0.4, -0.2) is 24.0 Å². The van der Waals surface area contributed by atoms with Gasteiger partial charge in [0, 0.05) is 19.4 Å². The molecule has 0 spiro atoms. The fourth-order valence-electron chi connectivity index (χ4n) is 1.28. The average molecular weight is 181 g/mol. The van der Waals surface area contributed by atoms with Crippen molar-refractivity contribution in [2.75, 3.05) is 6.54 Å². The summed E-state index contributed by atoms with van der Waals surface area (Å²) in [5.74, 6) is -1.12. The first kappa shape index (κ1) is 9.64. The predicted molar refractivity (Wildman–Crippen MR) is 45.9 cm³/mol. The lowest BCUT2D eigenvalue weighted by Gasteiger charge is -2.06. The van der Waals surface area contributed by atoms with Crippen LogP contribution in [0.1, 0.15) is 12.8 Å². The number of Topliss-reactive ketones (excluding diaryl/α,β-unsaturated/α-hetero) is 2. The summed E-state index contributed by atoms with van der Waals surface area (Å²) in [5, 5.41) is 2.44. The van der Waals surface area contributed by atoms with E-state index in [-0.39, 0.29) is 24.0 Å². The van der Waals surface area contributed by atoms with Crippen LogP contribution in [-0.2, 0) is 14.4 Å². The maximum atomic E-state index is 11.1. The Kier molecular flexibility index (Phi) is 2.95. The zero-order valence-corrected chi connectivity index (χ0v) is 7.21. The lowest BCUT2D eigenvalue weighted by atomic mass is 10.1. The Bertz CT molecular complexity index is 254. The number of carbonyl (C=O) groups is 3. The van der Waals surface area contributed by atoms with E-state index in [0.29, 0.717) is 12.8 Å². The van der Waals surface area contributed by atoms with Crippen molar-refractivity contribution in [3.05, 3.63) is 12.7 Å². The first-order valence-corrected chi connectivity index (χ1v) is 4.11. The molecule has 1 amide bonds. The van der Waals surface area contributed by atoms with E-state index in [1.807, 2.05) is 0 Å². The van der Waals surface area contributed by atoms with E-state index < -0.39 is 5.92 Å². The third-order valence-electron chi connectivity index (χ3n) is 2.06. The largest absolute Gasteiger partial charge is 0.351 e. The molecule has 4 heteroatoms. The van der Waals surface area contributed by atoms with Crippen molar-refractivity contribution in [1.29, 1.82) is 0 Å². The molecule has 1 aliphatic rings. The molecule has 4 nitrogen and oxygen atoms in total. The van der Waals surface area contributed by atoms with Crippen LogP contribution in [0.3, 0.4) is 0 Å². The third-order valence-corrected chi connectivity index (χ3v) is 2.06. The van der Waals surface area contributed by atoms with Crippen molar-refractivity contribution in [2.45, 2.75) is 12.8 Å². The van der Waals surface area contributed by atoms with Gasteiger partial charge in [0.05, 0.1) is 5.92 Å². The van der Waals surface area contributed by atoms with E-state index in [4.69, 9.17) is 0 Å². The van der Waals surface area contributed by atoms with E-state index in [9.17, 15) is 14.4 Å². The number of hydrogen-bond donors (Lipinski definition) is 1. The summed E-state index contributed by atoms with van der Waals surface area (Å²) in [7, 11) is 0. The first-order valence-electron chi connectivity index (χ1n) is 4.11. The van der Waals surface area contributed by atoms with Crippen LogP contribution in [0, 0.1) is 5.92 Å². The van der Waals surface area contributed by atoms with Gasteiger partial charge in [0.15, 0.2) is 0 Å². The van der Waals surface area contributed by atoms with Gasteiger partial charge in [0.1, 0.15) is 11.6 Å². The zero-order chi connectivity index (χ0) is 9.84. The second-order valence-corrected chi connectivity index (χ2v) is 2.93. The van der Waals surface area contributed by atoms with Crippen LogP contribution in [0.2, 0.25) is 0 Å². The molecule has 0 saturated heterocycles. The molecule has 0 bridgehead atoms. The molecule has 0 unspecified atom stereocenters. The average Bonchev–Trinajstić information content (AvgIpc) is 2.43. The van der Waals surface area contributed by atoms with E-state index in [1.54, 1.807) is 0 Å². The molecule has 1 aliphatic carbocycles. The molecule has 0 aliphatic heterocycles. The summed E-state index contributed by atoms with van der Waals surface area (Å²) in [5.41, 5.74) is 0. The number of nitrogens with one attached hydrogen (secondary N) is 1. The topological polar surface area (TPSA) is 63.2 Å². The minimum Gasteiger partial charge on any atom is -0.351 e. The quantitative estimate of drug-likeness (QED) is 0.486. The van der Waals surface area contributed by atoms with Gasteiger partial charge < -0.3 is 5.32 Å². The van der Waals surface area contributed by atoms with Gasteiger partial charge in [-0.3, -0.25) is 14.4 Å². The highest BCUT2D eigenvalue weighted by Gasteiger charge is 2.32. The number of carbonyl (C=O) groups excluding carboxylic acids is 3. The molecule has 1 saturated carbocycles. The molecule has 0 heterocycles. The Hall–Kier alpha value is -1.45. The van der Waals surface area contributed by atoms with E-state index >= 15 is 0 Å². The van der Waals surface area contributed by atoms with Crippen molar-refractivity contribution in [2.24, 2.45) is 5.92 Å². The SMILES string of the molecule is C=CC(=O)NCC1C(=O)CCC1=O. The fraction of sp³-hybridized carbons (Fsp3) is 0.444. The minimum atomic E-state index is -0.621. The molecule has 1 N–H and O–H groups in total. The highest BCUT2D eigenvalue weighted by Crippen LogP contribution is 2.16. The van der Waals surface area contributed by atoms with Gasteiger partial charge in [0.25, 0.3) is 0 Å². The molecule has 1 fully saturated rings. The molecular formula is C9H11NO3. The van der Waals surface area contributed by atoms with Crippen LogP contribution in [0.25, 0.3) is 0 Å². The van der Waals surface area contributed by atoms with Gasteiger partial charge in [0.2, 0.25) is 5.91 Å². The third kappa shape index (κ3) is 2.24. The minimum absolute atomic E-state index is 0.0747. The van der Waals surface area contributed by atoms with Gasteiger partial charge in [-0.25, -0.2) is 0 Å². The highest BCUT2D eigenvalue weighted by atomic mass is 16.2. The maximum absolute atomic E-state index is 11.1. The molecular weight excluding hydrogens is 170 g/mol. The normalized spacial score (nSPS) is 17.5. The molecule has 0 aromatic rings. The van der Waals surface area contributed by atoms with Gasteiger partial charge in [-0.15, -0.1) is 0 Å². The lowest BCUT2D eigenvalue weighted by molar-refractivity contribution is -0.127. The van der Waals surface area contributed by atoms with Gasteiger partial charge in [-0.1, -0.05) is 6.58 Å².